The molecule has 8 nitrogen and oxygen atoms in total. The van der Waals surface area contributed by atoms with Gasteiger partial charge in [0.15, 0.2) is 5.82 Å². The third kappa shape index (κ3) is 3.38. The molecule has 1 aromatic carbocycles. The highest BCUT2D eigenvalue weighted by Crippen LogP contribution is 2.56. The monoisotopic (exact) mass is 450 g/mol. The average molecular weight is 451 g/mol. The fourth-order valence-corrected chi connectivity index (χ4v) is 4.83. The maximum Gasteiger partial charge on any atom is 0.331 e. The number of thioether (sulfide) groups is 1. The molecule has 1 fully saturated rings. The molecule has 0 radical (unpaired) electrons. The fraction of sp³-hybridized carbons (Fsp3) is 0.368. The van der Waals surface area contributed by atoms with Gasteiger partial charge in [-0.2, -0.15) is 4.98 Å². The van der Waals surface area contributed by atoms with Crippen molar-refractivity contribution < 1.29 is 13.7 Å². The van der Waals surface area contributed by atoms with Crippen molar-refractivity contribution in [2.45, 2.75) is 36.7 Å². The molecule has 0 bridgehead atoms. The van der Waals surface area contributed by atoms with Crippen LogP contribution < -0.4 is 11.2 Å². The highest BCUT2D eigenvalue weighted by atomic mass is 35.5. The zero-order valence-electron chi connectivity index (χ0n) is 15.8. The van der Waals surface area contributed by atoms with E-state index in [0.29, 0.717) is 23.5 Å². The van der Waals surface area contributed by atoms with Gasteiger partial charge in [-0.05, 0) is 17.7 Å². The van der Waals surface area contributed by atoms with Crippen LogP contribution >= 0.6 is 23.4 Å². The SMILES string of the molecule is Cn1c2c(c(=O)n(Cc3nc(CC4SC4c4ccc(Cl)c(F)c4)no3)c1=O)COC2. The molecule has 0 spiro atoms. The molecule has 5 rings (SSSR count). The summed E-state index contributed by atoms with van der Waals surface area (Å²) in [5, 5.41) is 4.41. The first kappa shape index (κ1) is 19.5. The second-order valence-electron chi connectivity index (χ2n) is 7.23. The topological polar surface area (TPSA) is 92.1 Å². The third-order valence-corrected chi connectivity index (χ3v) is 6.98. The molecule has 11 heteroatoms. The Labute approximate surface area is 178 Å². The number of nitrogens with zero attached hydrogens (tertiary/aromatic N) is 4. The predicted molar refractivity (Wildman–Crippen MR) is 107 cm³/mol. The summed E-state index contributed by atoms with van der Waals surface area (Å²) in [4.78, 5) is 29.5. The molecule has 2 unspecified atom stereocenters. The second kappa shape index (κ2) is 7.36. The molecule has 0 amide bonds. The van der Waals surface area contributed by atoms with Crippen molar-refractivity contribution in [1.29, 1.82) is 0 Å². The Kier molecular flexibility index (Phi) is 4.79. The molecule has 3 aromatic rings. The summed E-state index contributed by atoms with van der Waals surface area (Å²) in [5.74, 6) is 0.227. The first-order valence-electron chi connectivity index (χ1n) is 9.23. The number of rotatable bonds is 5. The van der Waals surface area contributed by atoms with E-state index >= 15 is 0 Å². The fourth-order valence-electron chi connectivity index (χ4n) is 3.62. The molecule has 1 saturated heterocycles. The van der Waals surface area contributed by atoms with Gasteiger partial charge in [0.1, 0.15) is 12.4 Å². The van der Waals surface area contributed by atoms with E-state index in [9.17, 15) is 14.0 Å². The lowest BCUT2D eigenvalue weighted by molar-refractivity contribution is 0.131. The maximum atomic E-state index is 13.7. The van der Waals surface area contributed by atoms with Gasteiger partial charge in [-0.25, -0.2) is 9.18 Å². The van der Waals surface area contributed by atoms with Crippen LogP contribution in [0.4, 0.5) is 4.39 Å². The molecular formula is C19H16ClFN4O4S. The van der Waals surface area contributed by atoms with Crippen LogP contribution in [0.15, 0.2) is 32.3 Å². The summed E-state index contributed by atoms with van der Waals surface area (Å²) < 4.78 is 26.7. The van der Waals surface area contributed by atoms with Gasteiger partial charge in [0.2, 0.25) is 5.89 Å². The lowest BCUT2D eigenvalue weighted by Crippen LogP contribution is -2.42. The zero-order chi connectivity index (χ0) is 21.0. The molecule has 2 aromatic heterocycles. The van der Waals surface area contributed by atoms with Gasteiger partial charge < -0.3 is 9.26 Å². The van der Waals surface area contributed by atoms with E-state index < -0.39 is 17.1 Å². The van der Waals surface area contributed by atoms with Crippen molar-refractivity contribution in [2.75, 3.05) is 0 Å². The van der Waals surface area contributed by atoms with Gasteiger partial charge in [-0.1, -0.05) is 22.8 Å². The molecule has 4 heterocycles. The van der Waals surface area contributed by atoms with Crippen molar-refractivity contribution in [3.63, 3.8) is 0 Å². The Morgan fingerprint density at radius 3 is 2.97 bits per heavy atom. The van der Waals surface area contributed by atoms with E-state index in [1.165, 1.54) is 10.6 Å². The van der Waals surface area contributed by atoms with Gasteiger partial charge >= 0.3 is 5.69 Å². The van der Waals surface area contributed by atoms with Crippen LogP contribution in [0.3, 0.4) is 0 Å². The lowest BCUT2D eigenvalue weighted by Gasteiger charge is -2.09. The number of aromatic nitrogens is 4. The molecular weight excluding hydrogens is 435 g/mol. The Bertz CT molecular complexity index is 1270. The number of hydrogen-bond donors (Lipinski definition) is 0. The predicted octanol–water partition coefficient (Wildman–Crippen LogP) is 2.20. The molecule has 30 heavy (non-hydrogen) atoms. The largest absolute Gasteiger partial charge is 0.370 e. The first-order valence-corrected chi connectivity index (χ1v) is 10.6. The Morgan fingerprint density at radius 1 is 1.33 bits per heavy atom. The highest BCUT2D eigenvalue weighted by Gasteiger charge is 2.40. The van der Waals surface area contributed by atoms with Crippen LogP contribution in [0.5, 0.6) is 0 Å². The molecule has 2 aliphatic rings. The minimum atomic E-state index is -0.452. The number of hydrogen-bond acceptors (Lipinski definition) is 7. The van der Waals surface area contributed by atoms with Crippen LogP contribution in [0, 0.1) is 5.82 Å². The molecule has 156 valence electrons. The smallest absolute Gasteiger partial charge is 0.331 e. The summed E-state index contributed by atoms with van der Waals surface area (Å²) in [6, 6.07) is 4.81. The van der Waals surface area contributed by atoms with Gasteiger partial charge in [0, 0.05) is 24.0 Å². The summed E-state index contributed by atoms with van der Waals surface area (Å²) >= 11 is 7.41. The number of ether oxygens (including phenoxy) is 1. The van der Waals surface area contributed by atoms with Crippen LogP contribution in [0.1, 0.15) is 33.8 Å². The van der Waals surface area contributed by atoms with Crippen molar-refractivity contribution in [1.82, 2.24) is 19.3 Å². The number of benzene rings is 1. The molecule has 0 saturated carbocycles. The molecule has 0 N–H and O–H groups in total. The highest BCUT2D eigenvalue weighted by molar-refractivity contribution is 8.07. The normalized spacial score (nSPS) is 19.8. The van der Waals surface area contributed by atoms with E-state index in [-0.39, 0.29) is 41.2 Å². The van der Waals surface area contributed by atoms with Gasteiger partial charge in [0.05, 0.1) is 29.5 Å². The molecule has 2 atom stereocenters. The van der Waals surface area contributed by atoms with E-state index in [2.05, 4.69) is 10.1 Å². The minimum Gasteiger partial charge on any atom is -0.370 e. The van der Waals surface area contributed by atoms with Gasteiger partial charge in [0.25, 0.3) is 5.56 Å². The van der Waals surface area contributed by atoms with Crippen molar-refractivity contribution >= 4 is 23.4 Å². The summed E-state index contributed by atoms with van der Waals surface area (Å²) in [7, 11) is 1.61. The van der Waals surface area contributed by atoms with E-state index in [1.54, 1.807) is 24.9 Å². The van der Waals surface area contributed by atoms with E-state index in [1.807, 2.05) is 6.07 Å². The van der Waals surface area contributed by atoms with Crippen molar-refractivity contribution in [3.8, 4) is 0 Å². The van der Waals surface area contributed by atoms with Crippen LogP contribution in [-0.4, -0.2) is 24.5 Å². The minimum absolute atomic E-state index is 0.100. The maximum absolute atomic E-state index is 13.7. The van der Waals surface area contributed by atoms with E-state index in [0.717, 1.165) is 10.1 Å². The Morgan fingerprint density at radius 2 is 2.17 bits per heavy atom. The summed E-state index contributed by atoms with van der Waals surface area (Å²) in [6.45, 7) is 0.331. The van der Waals surface area contributed by atoms with Gasteiger partial charge in [-0.3, -0.25) is 13.9 Å². The lowest BCUT2D eigenvalue weighted by atomic mass is 10.1. The first-order chi connectivity index (χ1) is 14.4. The van der Waals surface area contributed by atoms with Gasteiger partial charge in [-0.15, -0.1) is 11.8 Å². The molecule has 2 aliphatic heterocycles. The third-order valence-electron chi connectivity index (χ3n) is 5.30. The molecule has 0 aliphatic carbocycles. The Hall–Kier alpha value is -2.43. The van der Waals surface area contributed by atoms with Crippen molar-refractivity contribution in [2.24, 2.45) is 7.05 Å². The van der Waals surface area contributed by atoms with E-state index in [4.69, 9.17) is 20.9 Å². The summed E-state index contributed by atoms with van der Waals surface area (Å²) in [6.07, 6.45) is 0.536. The average Bonchev–Trinajstić information content (AvgIpc) is 3.11. The zero-order valence-corrected chi connectivity index (χ0v) is 17.4. The number of halogens is 2. The second-order valence-corrected chi connectivity index (χ2v) is 9.02. The Balaban J connectivity index is 1.31. The quantitative estimate of drug-likeness (QED) is 0.550. The van der Waals surface area contributed by atoms with Crippen LogP contribution in [0.2, 0.25) is 5.02 Å². The van der Waals surface area contributed by atoms with Crippen molar-refractivity contribution in [3.05, 3.63) is 78.4 Å². The van der Waals surface area contributed by atoms with Crippen LogP contribution in [0.25, 0.3) is 0 Å². The summed E-state index contributed by atoms with van der Waals surface area (Å²) in [5.41, 5.74) is 1.10. The number of fused-ring (bicyclic) bond motifs is 1. The standard InChI is InChI=1S/C19H16ClFN4O4S/c1-24-13-8-28-7-10(13)18(26)25(19(24)27)6-16-22-15(23-29-16)5-14-17(30-14)9-2-3-11(20)12(21)4-9/h2-4,14,17H,5-8H2,1H3. The van der Waals surface area contributed by atoms with Crippen LogP contribution in [-0.2, 0) is 38.0 Å².